The van der Waals surface area contributed by atoms with E-state index in [1.165, 1.54) is 53.3 Å². The molecule has 0 radical (unpaired) electrons. The van der Waals surface area contributed by atoms with Gasteiger partial charge in [-0.1, -0.05) is 13.8 Å². The van der Waals surface area contributed by atoms with E-state index in [4.69, 9.17) is 14.2 Å². The molecule has 4 amide bonds. The summed E-state index contributed by atoms with van der Waals surface area (Å²) in [7, 11) is 1.41. The smallest absolute Gasteiger partial charge is 0.254 e. The van der Waals surface area contributed by atoms with E-state index in [1.54, 1.807) is 13.8 Å². The van der Waals surface area contributed by atoms with Gasteiger partial charge in [-0.05, 0) is 72.5 Å². The molecular formula is C39H38F4N4O8. The lowest BCUT2D eigenvalue weighted by atomic mass is 10.1. The molecule has 2 fully saturated rings. The zero-order valence-corrected chi connectivity index (χ0v) is 30.1. The lowest BCUT2D eigenvalue weighted by Gasteiger charge is -2.26. The third-order valence-electron chi connectivity index (χ3n) is 8.67. The van der Waals surface area contributed by atoms with E-state index in [1.807, 2.05) is 0 Å². The van der Waals surface area contributed by atoms with Crippen LogP contribution in [-0.4, -0.2) is 84.9 Å². The molecule has 3 N–H and O–H groups in total. The van der Waals surface area contributed by atoms with Crippen LogP contribution in [0.15, 0.2) is 60.7 Å². The highest BCUT2D eigenvalue weighted by atomic mass is 19.1. The molecule has 0 unspecified atom stereocenters. The number of amides is 4. The van der Waals surface area contributed by atoms with Crippen LogP contribution < -0.4 is 24.8 Å². The first-order chi connectivity index (χ1) is 26.3. The fourth-order valence-electron chi connectivity index (χ4n) is 5.69. The topological polar surface area (TPSA) is 147 Å². The van der Waals surface area contributed by atoms with Crippen molar-refractivity contribution in [1.82, 2.24) is 20.4 Å². The van der Waals surface area contributed by atoms with Crippen molar-refractivity contribution < 1.29 is 56.1 Å². The van der Waals surface area contributed by atoms with Crippen molar-refractivity contribution in [3.05, 3.63) is 106 Å². The molecule has 16 heteroatoms. The molecule has 0 bridgehead atoms. The van der Waals surface area contributed by atoms with Crippen LogP contribution in [0.2, 0.25) is 0 Å². The van der Waals surface area contributed by atoms with E-state index in [2.05, 4.69) is 10.6 Å². The largest absolute Gasteiger partial charge is 0.504 e. The predicted molar refractivity (Wildman–Crippen MR) is 191 cm³/mol. The molecule has 0 aliphatic carbocycles. The third-order valence-corrected chi connectivity index (χ3v) is 8.67. The van der Waals surface area contributed by atoms with Crippen molar-refractivity contribution in [2.75, 3.05) is 46.4 Å². The second kappa shape index (κ2) is 17.7. The molecule has 0 atom stereocenters. The Labute approximate surface area is 313 Å². The van der Waals surface area contributed by atoms with Gasteiger partial charge in [0.15, 0.2) is 46.1 Å². The van der Waals surface area contributed by atoms with Gasteiger partial charge in [-0.2, -0.15) is 0 Å². The predicted octanol–water partition coefficient (Wildman–Crippen LogP) is 5.50. The number of nitrogens with one attached hydrogen (secondary N) is 2. The van der Waals surface area contributed by atoms with Gasteiger partial charge in [0, 0.05) is 49.4 Å². The van der Waals surface area contributed by atoms with Gasteiger partial charge in [0.05, 0.1) is 20.2 Å². The highest BCUT2D eigenvalue weighted by Crippen LogP contribution is 2.36. The molecule has 2 aliphatic heterocycles. The molecule has 2 aliphatic rings. The van der Waals surface area contributed by atoms with E-state index >= 15 is 0 Å². The number of benzene rings is 4. The summed E-state index contributed by atoms with van der Waals surface area (Å²) in [6, 6.07) is 12.1. The minimum atomic E-state index is -0.846. The monoisotopic (exact) mass is 766 g/mol. The molecule has 0 aromatic heterocycles. The SMILES string of the molecule is CCc1cc(O)c(Oc2ccc(C(=O)N3CCNC(=O)C3)cc2F)cc1F.CCc1cc(OC)c(Oc2ccc(C(=O)N3CCNC(=O)C3)cc2F)cc1F. The Kier molecular flexibility index (Phi) is 12.8. The highest BCUT2D eigenvalue weighted by Gasteiger charge is 2.25. The Hall–Kier alpha value is -6.32. The first-order valence-electron chi connectivity index (χ1n) is 17.3. The number of piperazine rings is 2. The number of aryl methyl sites for hydroxylation is 2. The Bertz CT molecular complexity index is 2110. The highest BCUT2D eigenvalue weighted by molar-refractivity contribution is 5.98. The Morgan fingerprint density at radius 3 is 1.53 bits per heavy atom. The van der Waals surface area contributed by atoms with Gasteiger partial charge in [0.1, 0.15) is 11.6 Å². The summed E-state index contributed by atoms with van der Waals surface area (Å²) < 4.78 is 72.8. The summed E-state index contributed by atoms with van der Waals surface area (Å²) in [5.74, 6) is -4.80. The number of nitrogens with zero attached hydrogens (tertiary/aromatic N) is 2. The maximum Gasteiger partial charge on any atom is 0.254 e. The molecule has 290 valence electrons. The summed E-state index contributed by atoms with van der Waals surface area (Å²) in [5.41, 5.74) is 0.924. The van der Waals surface area contributed by atoms with Crippen molar-refractivity contribution in [2.24, 2.45) is 0 Å². The molecule has 0 spiro atoms. The van der Waals surface area contributed by atoms with Gasteiger partial charge in [-0.25, -0.2) is 17.6 Å². The van der Waals surface area contributed by atoms with E-state index in [9.17, 15) is 41.8 Å². The Balaban J connectivity index is 0.000000211. The van der Waals surface area contributed by atoms with Crippen LogP contribution in [0.5, 0.6) is 34.5 Å². The minimum Gasteiger partial charge on any atom is -0.504 e. The van der Waals surface area contributed by atoms with Gasteiger partial charge in [0.25, 0.3) is 11.8 Å². The van der Waals surface area contributed by atoms with E-state index in [0.29, 0.717) is 50.1 Å². The van der Waals surface area contributed by atoms with Gasteiger partial charge in [-0.3, -0.25) is 19.2 Å². The van der Waals surface area contributed by atoms with E-state index in [0.717, 1.165) is 24.3 Å². The number of halogens is 4. The lowest BCUT2D eigenvalue weighted by molar-refractivity contribution is -0.124. The molecule has 2 heterocycles. The summed E-state index contributed by atoms with van der Waals surface area (Å²) in [6.07, 6.45) is 0.863. The summed E-state index contributed by atoms with van der Waals surface area (Å²) in [5, 5.41) is 15.1. The first kappa shape index (κ1) is 39.9. The zero-order chi connectivity index (χ0) is 39.8. The first-order valence-corrected chi connectivity index (χ1v) is 17.3. The zero-order valence-electron chi connectivity index (χ0n) is 30.1. The van der Waals surface area contributed by atoms with Crippen molar-refractivity contribution in [3.63, 3.8) is 0 Å². The molecule has 12 nitrogen and oxygen atoms in total. The number of aromatic hydroxyl groups is 1. The molecular weight excluding hydrogens is 728 g/mol. The van der Waals surface area contributed by atoms with Crippen LogP contribution in [-0.2, 0) is 22.4 Å². The number of hydrogen-bond donors (Lipinski definition) is 3. The summed E-state index contributed by atoms with van der Waals surface area (Å²) >= 11 is 0. The van der Waals surface area contributed by atoms with Gasteiger partial charge in [-0.15, -0.1) is 0 Å². The second-order valence-electron chi connectivity index (χ2n) is 12.4. The lowest BCUT2D eigenvalue weighted by Crippen LogP contribution is -2.49. The maximum atomic E-state index is 14.5. The molecule has 55 heavy (non-hydrogen) atoms. The standard InChI is InChI=1S/C20H20F2N2O4.C19H18F2N2O4/c1-3-12-9-17(27-2)18(10-14(12)21)28-16-5-4-13(8-15(16)22)20(26)24-7-6-23-19(25)11-24;1-2-11-8-15(24)17(9-13(11)20)27-16-4-3-12(7-14(16)21)19(26)23-6-5-22-18(25)10-23/h4-5,8-10H,3,6-7,11H2,1-2H3,(H,23,25);3-4,7-9,24H,2,5-6,10H2,1H3,(H,22,25). The van der Waals surface area contributed by atoms with E-state index in [-0.39, 0.29) is 70.5 Å². The maximum absolute atomic E-state index is 14.5. The quantitative estimate of drug-likeness (QED) is 0.190. The number of carbonyl (C=O) groups excluding carboxylic acids is 4. The number of phenols is 1. The van der Waals surface area contributed by atoms with Gasteiger partial charge in [0.2, 0.25) is 11.8 Å². The molecule has 6 rings (SSSR count). The van der Waals surface area contributed by atoms with Gasteiger partial charge < -0.3 is 39.8 Å². The summed E-state index contributed by atoms with van der Waals surface area (Å²) in [6.45, 7) is 4.76. The number of methoxy groups -OCH3 is 1. The van der Waals surface area contributed by atoms with Crippen molar-refractivity contribution in [3.8, 4) is 34.5 Å². The summed E-state index contributed by atoms with van der Waals surface area (Å²) in [4.78, 5) is 50.3. The van der Waals surface area contributed by atoms with Crippen molar-refractivity contribution in [2.45, 2.75) is 26.7 Å². The third kappa shape index (κ3) is 9.62. The fraction of sp³-hybridized carbons (Fsp3) is 0.282. The molecule has 4 aromatic carbocycles. The normalized spacial score (nSPS) is 13.9. The van der Waals surface area contributed by atoms with Crippen molar-refractivity contribution in [1.29, 1.82) is 0 Å². The van der Waals surface area contributed by atoms with Crippen LogP contribution in [0.1, 0.15) is 45.7 Å². The molecule has 2 saturated heterocycles. The number of rotatable bonds is 9. The Morgan fingerprint density at radius 2 is 1.09 bits per heavy atom. The number of hydrogen-bond acceptors (Lipinski definition) is 8. The average molecular weight is 767 g/mol. The number of ether oxygens (including phenoxy) is 3. The number of phenolic OH excluding ortho intramolecular Hbond substituents is 1. The van der Waals surface area contributed by atoms with Crippen LogP contribution >= 0.6 is 0 Å². The van der Waals surface area contributed by atoms with Crippen LogP contribution in [0.4, 0.5) is 17.6 Å². The fourth-order valence-corrected chi connectivity index (χ4v) is 5.69. The van der Waals surface area contributed by atoms with Crippen LogP contribution in [0, 0.1) is 23.3 Å². The van der Waals surface area contributed by atoms with Gasteiger partial charge >= 0.3 is 0 Å². The minimum absolute atomic E-state index is 0.0304. The number of carbonyl (C=O) groups is 4. The van der Waals surface area contributed by atoms with Crippen LogP contribution in [0.25, 0.3) is 0 Å². The molecule has 4 aromatic rings. The van der Waals surface area contributed by atoms with Crippen LogP contribution in [0.3, 0.4) is 0 Å². The van der Waals surface area contributed by atoms with E-state index < -0.39 is 35.1 Å². The second-order valence-corrected chi connectivity index (χ2v) is 12.4. The average Bonchev–Trinajstić information content (AvgIpc) is 3.17. The van der Waals surface area contributed by atoms with Crippen molar-refractivity contribution >= 4 is 23.6 Å². The Morgan fingerprint density at radius 1 is 0.636 bits per heavy atom. The molecule has 0 saturated carbocycles.